The van der Waals surface area contributed by atoms with Crippen LogP contribution in [0.2, 0.25) is 0 Å². The van der Waals surface area contributed by atoms with E-state index in [0.717, 1.165) is 13.2 Å². The third-order valence-electron chi connectivity index (χ3n) is 3.66. The molecule has 2 unspecified atom stereocenters. The summed E-state index contributed by atoms with van der Waals surface area (Å²) in [5, 5.41) is 3.56. The van der Waals surface area contributed by atoms with Crippen molar-refractivity contribution in [3.8, 4) is 0 Å². The molecule has 1 fully saturated rings. The molecule has 0 aromatic rings. The van der Waals surface area contributed by atoms with Gasteiger partial charge in [0.15, 0.2) is 0 Å². The molecule has 0 aliphatic carbocycles. The zero-order valence-electron chi connectivity index (χ0n) is 9.39. The van der Waals surface area contributed by atoms with Crippen molar-refractivity contribution >= 4 is 0 Å². The summed E-state index contributed by atoms with van der Waals surface area (Å²) in [6.07, 6.45) is 2.76. The van der Waals surface area contributed by atoms with Crippen molar-refractivity contribution in [2.24, 2.45) is 5.41 Å². The zero-order valence-corrected chi connectivity index (χ0v) is 9.39. The molecule has 78 valence electrons. The Morgan fingerprint density at radius 2 is 1.92 bits per heavy atom. The quantitative estimate of drug-likeness (QED) is 0.712. The van der Waals surface area contributed by atoms with Gasteiger partial charge in [-0.25, -0.2) is 0 Å². The molecular weight excluding hydrogens is 162 g/mol. The van der Waals surface area contributed by atoms with Crippen LogP contribution >= 0.6 is 0 Å². The molecule has 1 aliphatic rings. The molecule has 2 atom stereocenters. The van der Waals surface area contributed by atoms with Gasteiger partial charge >= 0.3 is 0 Å². The van der Waals surface area contributed by atoms with Crippen LogP contribution in [0.3, 0.4) is 0 Å². The van der Waals surface area contributed by atoms with Crippen LogP contribution in [0.4, 0.5) is 0 Å². The fraction of sp³-hybridized carbons (Fsp3) is 1.00. The number of rotatable bonds is 2. The molecular formula is C11H23NO. The summed E-state index contributed by atoms with van der Waals surface area (Å²) in [4.78, 5) is 0. The average Bonchev–Trinajstić information content (AvgIpc) is 2.30. The normalized spacial score (nSPS) is 34.2. The molecule has 2 nitrogen and oxygen atoms in total. The average molecular weight is 185 g/mol. The topological polar surface area (TPSA) is 21.3 Å². The van der Waals surface area contributed by atoms with Crippen LogP contribution in [0.5, 0.6) is 0 Å². The van der Waals surface area contributed by atoms with Crippen LogP contribution in [-0.2, 0) is 4.74 Å². The molecule has 1 rings (SSSR count). The minimum absolute atomic E-state index is 0.347. The van der Waals surface area contributed by atoms with Crippen LogP contribution < -0.4 is 5.32 Å². The Bertz CT molecular complexity index is 140. The molecule has 1 N–H and O–H groups in total. The van der Waals surface area contributed by atoms with Crippen molar-refractivity contribution in [1.29, 1.82) is 0 Å². The van der Waals surface area contributed by atoms with E-state index >= 15 is 0 Å². The summed E-state index contributed by atoms with van der Waals surface area (Å²) >= 11 is 0. The monoisotopic (exact) mass is 185 g/mol. The lowest BCUT2D eigenvalue weighted by molar-refractivity contribution is 0.0103. The van der Waals surface area contributed by atoms with Gasteiger partial charge in [-0.1, -0.05) is 13.8 Å². The van der Waals surface area contributed by atoms with Gasteiger partial charge in [0.2, 0.25) is 0 Å². The standard InChI is InChI=1S/C11H23NO/c1-5-11(6-2)7-12-9(3)10(4)13-8-11/h9-10,12H,5-8H2,1-4H3. The third-order valence-corrected chi connectivity index (χ3v) is 3.66. The highest BCUT2D eigenvalue weighted by molar-refractivity contribution is 4.85. The molecule has 2 heteroatoms. The lowest BCUT2D eigenvalue weighted by Crippen LogP contribution is -2.38. The maximum absolute atomic E-state index is 5.85. The van der Waals surface area contributed by atoms with Crippen molar-refractivity contribution in [3.05, 3.63) is 0 Å². The predicted octanol–water partition coefficient (Wildman–Crippen LogP) is 2.19. The summed E-state index contributed by atoms with van der Waals surface area (Å²) in [7, 11) is 0. The Labute approximate surface area is 82.0 Å². The van der Waals surface area contributed by atoms with Gasteiger partial charge in [-0.2, -0.15) is 0 Å². The van der Waals surface area contributed by atoms with E-state index in [1.165, 1.54) is 12.8 Å². The molecule has 0 aromatic carbocycles. The second-order valence-electron chi connectivity index (χ2n) is 4.39. The molecule has 0 radical (unpaired) electrons. The highest BCUT2D eigenvalue weighted by Gasteiger charge is 2.31. The SMILES string of the molecule is CCC1(CC)CNC(C)C(C)OC1. The number of ether oxygens (including phenoxy) is 1. The van der Waals surface area contributed by atoms with E-state index in [1.54, 1.807) is 0 Å². The molecule has 0 amide bonds. The maximum atomic E-state index is 5.85. The van der Waals surface area contributed by atoms with Crippen LogP contribution in [0, 0.1) is 5.41 Å². The van der Waals surface area contributed by atoms with Gasteiger partial charge in [-0.15, -0.1) is 0 Å². The molecule has 0 spiro atoms. The first-order chi connectivity index (χ1) is 6.13. The minimum Gasteiger partial charge on any atom is -0.376 e. The Morgan fingerprint density at radius 3 is 2.46 bits per heavy atom. The zero-order chi connectivity index (χ0) is 9.90. The molecule has 1 saturated heterocycles. The molecule has 0 aromatic heterocycles. The van der Waals surface area contributed by atoms with Gasteiger partial charge in [0.1, 0.15) is 0 Å². The molecule has 0 saturated carbocycles. The van der Waals surface area contributed by atoms with Crippen molar-refractivity contribution in [3.63, 3.8) is 0 Å². The van der Waals surface area contributed by atoms with Gasteiger partial charge in [0.25, 0.3) is 0 Å². The predicted molar refractivity (Wildman–Crippen MR) is 55.9 cm³/mol. The Morgan fingerprint density at radius 1 is 1.31 bits per heavy atom. The van der Waals surface area contributed by atoms with Crippen molar-refractivity contribution < 1.29 is 4.74 Å². The Kier molecular flexibility index (Phi) is 3.74. The van der Waals surface area contributed by atoms with Gasteiger partial charge in [0, 0.05) is 18.0 Å². The highest BCUT2D eigenvalue weighted by atomic mass is 16.5. The van der Waals surface area contributed by atoms with Crippen LogP contribution in [0.1, 0.15) is 40.5 Å². The van der Waals surface area contributed by atoms with E-state index in [9.17, 15) is 0 Å². The molecule has 1 heterocycles. The Hall–Kier alpha value is -0.0800. The van der Waals surface area contributed by atoms with Gasteiger partial charge in [0.05, 0.1) is 12.7 Å². The van der Waals surface area contributed by atoms with E-state index in [-0.39, 0.29) is 0 Å². The third kappa shape index (κ3) is 2.44. The summed E-state index contributed by atoms with van der Waals surface area (Å²) in [6, 6.07) is 0.486. The largest absolute Gasteiger partial charge is 0.376 e. The first kappa shape index (κ1) is 11.0. The highest BCUT2D eigenvalue weighted by Crippen LogP contribution is 2.28. The number of nitrogens with one attached hydrogen (secondary N) is 1. The van der Waals surface area contributed by atoms with Crippen molar-refractivity contribution in [2.75, 3.05) is 13.2 Å². The fourth-order valence-corrected chi connectivity index (χ4v) is 1.75. The van der Waals surface area contributed by atoms with Gasteiger partial charge in [-0.3, -0.25) is 0 Å². The Balaban J connectivity index is 2.61. The smallest absolute Gasteiger partial charge is 0.0697 e. The van der Waals surface area contributed by atoms with E-state index in [1.807, 2.05) is 0 Å². The molecule has 13 heavy (non-hydrogen) atoms. The number of hydrogen-bond donors (Lipinski definition) is 1. The lowest BCUT2D eigenvalue weighted by atomic mass is 9.83. The maximum Gasteiger partial charge on any atom is 0.0697 e. The summed E-state index contributed by atoms with van der Waals surface area (Å²) in [6.45, 7) is 10.9. The first-order valence-electron chi connectivity index (χ1n) is 5.48. The van der Waals surface area contributed by atoms with Crippen molar-refractivity contribution in [1.82, 2.24) is 5.32 Å². The summed E-state index contributed by atoms with van der Waals surface area (Å²) < 4.78 is 5.85. The van der Waals surface area contributed by atoms with E-state index in [2.05, 4.69) is 33.0 Å². The summed E-state index contributed by atoms with van der Waals surface area (Å²) in [5.74, 6) is 0. The fourth-order valence-electron chi connectivity index (χ4n) is 1.75. The van der Waals surface area contributed by atoms with Gasteiger partial charge in [-0.05, 0) is 26.7 Å². The summed E-state index contributed by atoms with van der Waals surface area (Å²) in [5.41, 5.74) is 0.374. The van der Waals surface area contributed by atoms with Crippen LogP contribution in [-0.4, -0.2) is 25.3 Å². The molecule has 1 aliphatic heterocycles. The minimum atomic E-state index is 0.347. The second kappa shape index (κ2) is 4.43. The van der Waals surface area contributed by atoms with E-state index in [0.29, 0.717) is 17.6 Å². The van der Waals surface area contributed by atoms with E-state index < -0.39 is 0 Å². The lowest BCUT2D eigenvalue weighted by Gasteiger charge is -2.29. The molecule has 0 bridgehead atoms. The van der Waals surface area contributed by atoms with Gasteiger partial charge < -0.3 is 10.1 Å². The van der Waals surface area contributed by atoms with Crippen molar-refractivity contribution in [2.45, 2.75) is 52.7 Å². The number of hydrogen-bond acceptors (Lipinski definition) is 2. The second-order valence-corrected chi connectivity index (χ2v) is 4.39. The first-order valence-corrected chi connectivity index (χ1v) is 5.48. The van der Waals surface area contributed by atoms with Crippen LogP contribution in [0.25, 0.3) is 0 Å². The van der Waals surface area contributed by atoms with E-state index in [4.69, 9.17) is 4.74 Å². The van der Waals surface area contributed by atoms with Crippen LogP contribution in [0.15, 0.2) is 0 Å².